The van der Waals surface area contributed by atoms with Gasteiger partial charge in [-0.2, -0.15) is 0 Å². The summed E-state index contributed by atoms with van der Waals surface area (Å²) in [6, 6.07) is 49.8. The van der Waals surface area contributed by atoms with Crippen molar-refractivity contribution >= 4 is 32.7 Å². The normalized spacial score (nSPS) is 13.4. The lowest BCUT2D eigenvalue weighted by Gasteiger charge is -2.21. The first-order valence-corrected chi connectivity index (χ1v) is 15.2. The first kappa shape index (κ1) is 25.0. The number of fused-ring (bicyclic) bond motifs is 7. The van der Waals surface area contributed by atoms with Crippen LogP contribution in [0.4, 0.5) is 0 Å². The maximum absolute atomic E-state index is 5.33. The number of hydrogen-bond donors (Lipinski definition) is 0. The Bertz CT molecular complexity index is 2400. The molecule has 3 nitrogen and oxygen atoms in total. The van der Waals surface area contributed by atoms with Crippen LogP contribution in [-0.4, -0.2) is 14.5 Å². The van der Waals surface area contributed by atoms with Gasteiger partial charge < -0.3 is 0 Å². The van der Waals surface area contributed by atoms with E-state index in [0.29, 0.717) is 5.95 Å². The third-order valence-corrected chi connectivity index (χ3v) is 9.42. The summed E-state index contributed by atoms with van der Waals surface area (Å²) in [5.74, 6) is 0.679. The summed E-state index contributed by atoms with van der Waals surface area (Å²) < 4.78 is 2.28. The molecule has 0 aliphatic heterocycles. The Balaban J connectivity index is 1.41. The van der Waals surface area contributed by atoms with E-state index in [9.17, 15) is 0 Å². The van der Waals surface area contributed by atoms with E-state index in [2.05, 4.69) is 152 Å². The topological polar surface area (TPSA) is 30.7 Å². The molecule has 6 aromatic carbocycles. The van der Waals surface area contributed by atoms with Crippen LogP contribution in [-0.2, 0) is 5.41 Å². The lowest BCUT2D eigenvalue weighted by atomic mass is 9.82. The zero-order chi connectivity index (χ0) is 29.4. The molecular weight excluding hydrogens is 534 g/mol. The Morgan fingerprint density at radius 3 is 1.98 bits per heavy atom. The van der Waals surface area contributed by atoms with E-state index in [1.807, 2.05) is 6.07 Å². The molecule has 208 valence electrons. The van der Waals surface area contributed by atoms with Gasteiger partial charge >= 0.3 is 0 Å². The summed E-state index contributed by atoms with van der Waals surface area (Å²) in [5, 5.41) is 3.47. The van der Waals surface area contributed by atoms with Crippen molar-refractivity contribution in [3.05, 3.63) is 151 Å². The van der Waals surface area contributed by atoms with Crippen LogP contribution in [0.25, 0.3) is 72.2 Å². The molecule has 3 heteroatoms. The quantitative estimate of drug-likeness (QED) is 0.214. The highest BCUT2D eigenvalue weighted by molar-refractivity contribution is 6.12. The summed E-state index contributed by atoms with van der Waals surface area (Å²) in [7, 11) is 0. The molecule has 8 aromatic rings. The second-order valence-electron chi connectivity index (χ2n) is 12.3. The van der Waals surface area contributed by atoms with E-state index in [1.165, 1.54) is 44.2 Å². The van der Waals surface area contributed by atoms with E-state index in [4.69, 9.17) is 9.97 Å². The molecule has 0 N–H and O–H groups in total. The smallest absolute Gasteiger partial charge is 0.235 e. The van der Waals surface area contributed by atoms with E-state index in [-0.39, 0.29) is 5.41 Å². The molecule has 1 aliphatic carbocycles. The number of nitrogens with zero attached hydrogens (tertiary/aromatic N) is 3. The van der Waals surface area contributed by atoms with Crippen LogP contribution < -0.4 is 0 Å². The van der Waals surface area contributed by atoms with Crippen molar-refractivity contribution in [1.82, 2.24) is 14.5 Å². The van der Waals surface area contributed by atoms with Crippen LogP contribution >= 0.6 is 0 Å². The van der Waals surface area contributed by atoms with Gasteiger partial charge in [-0.25, -0.2) is 9.97 Å². The predicted octanol–water partition coefficient (Wildman–Crippen LogP) is 10.4. The molecule has 0 radical (unpaired) electrons. The molecule has 2 heterocycles. The zero-order valence-corrected chi connectivity index (χ0v) is 24.6. The Labute approximate surface area is 256 Å². The monoisotopic (exact) mass is 563 g/mol. The summed E-state index contributed by atoms with van der Waals surface area (Å²) in [6.45, 7) is 4.68. The second kappa shape index (κ2) is 9.23. The van der Waals surface area contributed by atoms with Crippen molar-refractivity contribution in [2.45, 2.75) is 19.3 Å². The highest BCUT2D eigenvalue weighted by atomic mass is 15.2. The van der Waals surface area contributed by atoms with Crippen LogP contribution in [0.5, 0.6) is 0 Å². The lowest BCUT2D eigenvalue weighted by molar-refractivity contribution is 0.661. The minimum absolute atomic E-state index is 0.0849. The van der Waals surface area contributed by atoms with Crippen molar-refractivity contribution in [2.24, 2.45) is 0 Å². The summed E-state index contributed by atoms with van der Waals surface area (Å²) in [4.78, 5) is 10.6. The molecule has 0 atom stereocenters. The average molecular weight is 564 g/mol. The van der Waals surface area contributed by atoms with Gasteiger partial charge in [0.25, 0.3) is 0 Å². The number of benzene rings is 6. The van der Waals surface area contributed by atoms with E-state index >= 15 is 0 Å². The number of aromatic nitrogens is 3. The van der Waals surface area contributed by atoms with Crippen LogP contribution in [0, 0.1) is 0 Å². The molecule has 44 heavy (non-hydrogen) atoms. The highest BCUT2D eigenvalue weighted by Gasteiger charge is 2.36. The third kappa shape index (κ3) is 3.56. The van der Waals surface area contributed by atoms with Gasteiger partial charge in [-0.15, -0.1) is 0 Å². The predicted molar refractivity (Wildman–Crippen MR) is 182 cm³/mol. The molecule has 0 unspecified atom stereocenters. The fourth-order valence-electron chi connectivity index (χ4n) is 7.22. The molecule has 0 amide bonds. The first-order chi connectivity index (χ1) is 21.6. The summed E-state index contributed by atoms with van der Waals surface area (Å²) in [5.41, 5.74) is 12.8. The van der Waals surface area contributed by atoms with Crippen molar-refractivity contribution < 1.29 is 0 Å². The van der Waals surface area contributed by atoms with Crippen LogP contribution in [0.3, 0.4) is 0 Å². The molecule has 0 spiro atoms. The summed E-state index contributed by atoms with van der Waals surface area (Å²) >= 11 is 0. The number of para-hydroxylation sites is 1. The second-order valence-corrected chi connectivity index (χ2v) is 12.3. The minimum Gasteiger partial charge on any atom is -0.278 e. The molecule has 1 aliphatic rings. The van der Waals surface area contributed by atoms with Crippen molar-refractivity contribution in [3.8, 4) is 39.5 Å². The standard InChI is InChI=1S/C41H29N3/c1-41(2)34-19-11-9-17-29(34)32-25-38-33(24-35(32)41)30-22-21-28(26-13-5-3-6-14-26)23-37(30)44(38)40-42-36-20-12-10-18-31(36)39(43-40)27-15-7-4-8-16-27/h3-25H,1-2H3. The Hall–Kier alpha value is -5.54. The van der Waals surface area contributed by atoms with Crippen LogP contribution in [0.2, 0.25) is 0 Å². The lowest BCUT2D eigenvalue weighted by Crippen LogP contribution is -2.14. The van der Waals surface area contributed by atoms with Gasteiger partial charge in [0.05, 0.1) is 22.2 Å². The molecular formula is C41H29N3. The van der Waals surface area contributed by atoms with Gasteiger partial charge in [-0.3, -0.25) is 4.57 Å². The van der Waals surface area contributed by atoms with Gasteiger partial charge in [0.2, 0.25) is 5.95 Å². The van der Waals surface area contributed by atoms with E-state index < -0.39 is 0 Å². The van der Waals surface area contributed by atoms with Gasteiger partial charge in [0.1, 0.15) is 0 Å². The third-order valence-electron chi connectivity index (χ3n) is 9.42. The Kier molecular flexibility index (Phi) is 5.24. The Morgan fingerprint density at radius 2 is 1.16 bits per heavy atom. The summed E-state index contributed by atoms with van der Waals surface area (Å²) in [6.07, 6.45) is 0. The molecule has 9 rings (SSSR count). The molecule has 2 aromatic heterocycles. The van der Waals surface area contributed by atoms with Gasteiger partial charge in [0.15, 0.2) is 0 Å². The average Bonchev–Trinajstić information content (AvgIpc) is 3.51. The first-order valence-electron chi connectivity index (χ1n) is 15.2. The minimum atomic E-state index is -0.0849. The van der Waals surface area contributed by atoms with Crippen molar-refractivity contribution in [3.63, 3.8) is 0 Å². The van der Waals surface area contributed by atoms with Crippen molar-refractivity contribution in [2.75, 3.05) is 0 Å². The fraction of sp³-hybridized carbons (Fsp3) is 0.0732. The maximum Gasteiger partial charge on any atom is 0.235 e. The SMILES string of the molecule is CC1(C)c2ccccc2-c2cc3c(cc21)c1ccc(-c2ccccc2)cc1n3-c1nc(-c2ccccc2)c2ccccc2n1. The molecule has 0 fully saturated rings. The van der Waals surface area contributed by atoms with Crippen LogP contribution in [0.15, 0.2) is 140 Å². The van der Waals surface area contributed by atoms with Gasteiger partial charge in [-0.1, -0.05) is 129 Å². The maximum atomic E-state index is 5.33. The van der Waals surface area contributed by atoms with Gasteiger partial charge in [0, 0.05) is 27.1 Å². The molecule has 0 saturated carbocycles. The fourth-order valence-corrected chi connectivity index (χ4v) is 7.22. The van der Waals surface area contributed by atoms with Gasteiger partial charge in [-0.05, 0) is 57.6 Å². The Morgan fingerprint density at radius 1 is 0.477 bits per heavy atom. The number of hydrogen-bond acceptors (Lipinski definition) is 2. The highest BCUT2D eigenvalue weighted by Crippen LogP contribution is 2.51. The zero-order valence-electron chi connectivity index (χ0n) is 24.6. The molecule has 0 saturated heterocycles. The van der Waals surface area contributed by atoms with Crippen molar-refractivity contribution in [1.29, 1.82) is 0 Å². The molecule has 0 bridgehead atoms. The number of rotatable bonds is 3. The van der Waals surface area contributed by atoms with Crippen LogP contribution in [0.1, 0.15) is 25.0 Å². The largest absolute Gasteiger partial charge is 0.278 e. The van der Waals surface area contributed by atoms with E-state index in [1.54, 1.807) is 0 Å². The van der Waals surface area contributed by atoms with E-state index in [0.717, 1.165) is 33.2 Å².